The third-order valence-electron chi connectivity index (χ3n) is 2.58. The minimum atomic E-state index is -0.144. The maximum Gasteiger partial charge on any atom is 0.233 e. The van der Waals surface area contributed by atoms with Crippen LogP contribution in [0.3, 0.4) is 0 Å². The highest BCUT2D eigenvalue weighted by molar-refractivity contribution is 5.75. The molecule has 0 aromatic heterocycles. The molecule has 1 heterocycles. The van der Waals surface area contributed by atoms with Crippen LogP contribution in [0.1, 0.15) is 26.2 Å². The molecule has 0 aliphatic carbocycles. The van der Waals surface area contributed by atoms with Crippen LogP contribution in [0.15, 0.2) is 0 Å². The van der Waals surface area contributed by atoms with Gasteiger partial charge in [0.05, 0.1) is 19.3 Å². The monoisotopic (exact) mass is 216 g/mol. The van der Waals surface area contributed by atoms with E-state index in [1.54, 1.807) is 0 Å². The molecular formula is C10H20N2O3. The van der Waals surface area contributed by atoms with E-state index in [-0.39, 0.29) is 12.0 Å². The Labute approximate surface area is 90.3 Å². The van der Waals surface area contributed by atoms with Gasteiger partial charge in [0, 0.05) is 18.9 Å². The van der Waals surface area contributed by atoms with Gasteiger partial charge in [-0.1, -0.05) is 0 Å². The lowest BCUT2D eigenvalue weighted by Crippen LogP contribution is -2.30. The molecular weight excluding hydrogens is 196 g/mol. The molecule has 1 amide bonds. The summed E-state index contributed by atoms with van der Waals surface area (Å²) in [7, 11) is 0. The van der Waals surface area contributed by atoms with E-state index in [0.717, 1.165) is 26.2 Å². The molecule has 0 spiro atoms. The first-order valence-corrected chi connectivity index (χ1v) is 5.41. The molecule has 1 fully saturated rings. The Morgan fingerprint density at radius 2 is 2.53 bits per heavy atom. The van der Waals surface area contributed by atoms with Crippen LogP contribution in [0.5, 0.6) is 0 Å². The fourth-order valence-electron chi connectivity index (χ4n) is 1.50. The fraction of sp³-hybridized carbons (Fsp3) is 0.900. The Morgan fingerprint density at radius 1 is 1.73 bits per heavy atom. The second-order valence-corrected chi connectivity index (χ2v) is 3.98. The van der Waals surface area contributed by atoms with Crippen molar-refractivity contribution in [2.24, 2.45) is 11.8 Å². The van der Waals surface area contributed by atoms with Crippen molar-refractivity contribution in [3.63, 3.8) is 0 Å². The molecule has 0 aromatic carbocycles. The van der Waals surface area contributed by atoms with Gasteiger partial charge in [0.1, 0.15) is 0 Å². The third kappa shape index (κ3) is 5.11. The minimum Gasteiger partial charge on any atom is -0.381 e. The zero-order valence-electron chi connectivity index (χ0n) is 9.20. The van der Waals surface area contributed by atoms with Gasteiger partial charge in [-0.25, -0.2) is 5.84 Å². The zero-order chi connectivity index (χ0) is 11.1. The standard InChI is InChI=1S/C10H20N2O3/c1-8(2-3-10(13)12-11)15-7-9-4-5-14-6-9/h8-9H,2-7,11H2,1H3,(H,12,13). The number of nitrogens with one attached hydrogen (secondary N) is 1. The molecule has 88 valence electrons. The molecule has 15 heavy (non-hydrogen) atoms. The first kappa shape index (κ1) is 12.4. The average molecular weight is 216 g/mol. The molecule has 5 nitrogen and oxygen atoms in total. The molecule has 3 N–H and O–H groups in total. The molecule has 0 radical (unpaired) electrons. The van der Waals surface area contributed by atoms with Gasteiger partial charge in [0.15, 0.2) is 0 Å². The Kier molecular flexibility index (Phi) is 5.60. The summed E-state index contributed by atoms with van der Waals surface area (Å²) >= 11 is 0. The van der Waals surface area contributed by atoms with Crippen molar-refractivity contribution in [1.29, 1.82) is 0 Å². The van der Waals surface area contributed by atoms with Gasteiger partial charge in [-0.05, 0) is 19.8 Å². The van der Waals surface area contributed by atoms with E-state index in [4.69, 9.17) is 15.3 Å². The van der Waals surface area contributed by atoms with E-state index in [9.17, 15) is 4.79 Å². The van der Waals surface area contributed by atoms with Gasteiger partial charge in [0.25, 0.3) is 0 Å². The van der Waals surface area contributed by atoms with E-state index in [0.29, 0.717) is 18.8 Å². The molecule has 1 aliphatic rings. The number of rotatable bonds is 6. The van der Waals surface area contributed by atoms with E-state index in [2.05, 4.69) is 5.43 Å². The van der Waals surface area contributed by atoms with Crippen molar-refractivity contribution in [2.75, 3.05) is 19.8 Å². The van der Waals surface area contributed by atoms with Crippen LogP contribution in [0.4, 0.5) is 0 Å². The predicted molar refractivity (Wildman–Crippen MR) is 55.9 cm³/mol. The lowest BCUT2D eigenvalue weighted by molar-refractivity contribution is -0.121. The van der Waals surface area contributed by atoms with Crippen LogP contribution < -0.4 is 11.3 Å². The molecule has 0 aromatic rings. The predicted octanol–water partition coefficient (Wildman–Crippen LogP) is 0.198. The first-order chi connectivity index (χ1) is 7.22. The number of ether oxygens (including phenoxy) is 2. The summed E-state index contributed by atoms with van der Waals surface area (Å²) in [6.07, 6.45) is 2.30. The molecule has 0 bridgehead atoms. The maximum atomic E-state index is 10.9. The molecule has 5 heteroatoms. The number of hydrazine groups is 1. The van der Waals surface area contributed by atoms with Crippen molar-refractivity contribution in [2.45, 2.75) is 32.3 Å². The van der Waals surface area contributed by atoms with Crippen LogP contribution >= 0.6 is 0 Å². The summed E-state index contributed by atoms with van der Waals surface area (Å²) in [6, 6.07) is 0. The largest absolute Gasteiger partial charge is 0.381 e. The van der Waals surface area contributed by atoms with Gasteiger partial charge >= 0.3 is 0 Å². The number of nitrogens with two attached hydrogens (primary N) is 1. The Bertz CT molecular complexity index is 193. The summed E-state index contributed by atoms with van der Waals surface area (Å²) in [5.74, 6) is 5.35. The second kappa shape index (κ2) is 6.76. The van der Waals surface area contributed by atoms with Gasteiger partial charge in [-0.15, -0.1) is 0 Å². The normalized spacial score (nSPS) is 22.7. The zero-order valence-corrected chi connectivity index (χ0v) is 9.20. The number of carbonyl (C=O) groups is 1. The van der Waals surface area contributed by atoms with Gasteiger partial charge in [-0.3, -0.25) is 10.2 Å². The topological polar surface area (TPSA) is 73.6 Å². The number of carbonyl (C=O) groups excluding carboxylic acids is 1. The van der Waals surface area contributed by atoms with Gasteiger partial charge in [0.2, 0.25) is 5.91 Å². The molecule has 1 saturated heterocycles. The smallest absolute Gasteiger partial charge is 0.233 e. The number of hydrogen-bond acceptors (Lipinski definition) is 4. The van der Waals surface area contributed by atoms with Crippen molar-refractivity contribution >= 4 is 5.91 Å². The van der Waals surface area contributed by atoms with Crippen LogP contribution in [0, 0.1) is 5.92 Å². The Balaban J connectivity index is 2.02. The highest BCUT2D eigenvalue weighted by Gasteiger charge is 2.17. The van der Waals surface area contributed by atoms with Crippen molar-refractivity contribution in [1.82, 2.24) is 5.43 Å². The summed E-state index contributed by atoms with van der Waals surface area (Å²) < 4.78 is 10.9. The lowest BCUT2D eigenvalue weighted by Gasteiger charge is -2.15. The van der Waals surface area contributed by atoms with E-state index in [1.165, 1.54) is 0 Å². The highest BCUT2D eigenvalue weighted by atomic mass is 16.5. The second-order valence-electron chi connectivity index (χ2n) is 3.98. The SMILES string of the molecule is CC(CCC(=O)NN)OCC1CCOC1. The average Bonchev–Trinajstić information content (AvgIpc) is 2.75. The quantitative estimate of drug-likeness (QED) is 0.378. The molecule has 2 unspecified atom stereocenters. The van der Waals surface area contributed by atoms with Crippen LogP contribution in [-0.4, -0.2) is 31.8 Å². The summed E-state index contributed by atoms with van der Waals surface area (Å²) in [5, 5.41) is 0. The van der Waals surface area contributed by atoms with E-state index >= 15 is 0 Å². The maximum absolute atomic E-state index is 10.9. The summed E-state index contributed by atoms with van der Waals surface area (Å²) in [5.41, 5.74) is 2.10. The fourth-order valence-corrected chi connectivity index (χ4v) is 1.50. The molecule has 2 atom stereocenters. The van der Waals surface area contributed by atoms with Crippen LogP contribution in [-0.2, 0) is 14.3 Å². The Hall–Kier alpha value is -0.650. The van der Waals surface area contributed by atoms with Crippen LogP contribution in [0.25, 0.3) is 0 Å². The van der Waals surface area contributed by atoms with E-state index < -0.39 is 0 Å². The Morgan fingerprint density at radius 3 is 3.13 bits per heavy atom. The molecule has 1 aliphatic heterocycles. The third-order valence-corrected chi connectivity index (χ3v) is 2.58. The molecule has 0 saturated carbocycles. The summed E-state index contributed by atoms with van der Waals surface area (Å²) in [4.78, 5) is 10.9. The van der Waals surface area contributed by atoms with Gasteiger partial charge in [-0.2, -0.15) is 0 Å². The highest BCUT2D eigenvalue weighted by Crippen LogP contribution is 2.14. The molecule has 1 rings (SSSR count). The van der Waals surface area contributed by atoms with Crippen molar-refractivity contribution < 1.29 is 14.3 Å². The van der Waals surface area contributed by atoms with Gasteiger partial charge < -0.3 is 9.47 Å². The van der Waals surface area contributed by atoms with Crippen molar-refractivity contribution in [3.8, 4) is 0 Å². The van der Waals surface area contributed by atoms with Crippen LogP contribution in [0.2, 0.25) is 0 Å². The van der Waals surface area contributed by atoms with E-state index in [1.807, 2.05) is 6.92 Å². The number of hydrogen-bond donors (Lipinski definition) is 2. The lowest BCUT2D eigenvalue weighted by atomic mass is 10.1. The minimum absolute atomic E-state index is 0.0999. The number of amides is 1. The van der Waals surface area contributed by atoms with Crippen molar-refractivity contribution in [3.05, 3.63) is 0 Å². The first-order valence-electron chi connectivity index (χ1n) is 5.41. The summed E-state index contributed by atoms with van der Waals surface area (Å²) in [6.45, 7) is 4.35.